The Morgan fingerprint density at radius 3 is 2.65 bits per heavy atom. The van der Waals surface area contributed by atoms with E-state index in [1.54, 1.807) is 25.4 Å². The van der Waals surface area contributed by atoms with Crippen LogP contribution in [0.25, 0.3) is 0 Å². The van der Waals surface area contributed by atoms with Crippen LogP contribution in [0.4, 0.5) is 0 Å². The second-order valence-corrected chi connectivity index (χ2v) is 6.06. The van der Waals surface area contributed by atoms with Crippen molar-refractivity contribution in [3.05, 3.63) is 52.0 Å². The number of methoxy groups -OCH3 is 1. The van der Waals surface area contributed by atoms with E-state index in [1.807, 2.05) is 6.07 Å². The Morgan fingerprint density at radius 2 is 2.19 bits per heavy atom. The summed E-state index contributed by atoms with van der Waals surface area (Å²) in [5, 5.41) is 15.9. The van der Waals surface area contributed by atoms with Crippen LogP contribution in [0.5, 0.6) is 0 Å². The van der Waals surface area contributed by atoms with Crippen LogP contribution in [0.2, 0.25) is 0 Å². The molecule has 1 saturated heterocycles. The molecule has 3 rings (SSSR count). The number of rotatable bonds is 2. The SMILES string of the molecule is C1COCCN1.COC(=O)C1=C(C)NC(S)=C(C#N)C1c1cccnc1. The van der Waals surface area contributed by atoms with Crippen molar-refractivity contribution in [3.8, 4) is 6.07 Å². The van der Waals surface area contributed by atoms with Crippen molar-refractivity contribution >= 4 is 18.6 Å². The zero-order chi connectivity index (χ0) is 18.9. The lowest BCUT2D eigenvalue weighted by atomic mass is 9.83. The van der Waals surface area contributed by atoms with E-state index >= 15 is 0 Å². The molecule has 0 aliphatic carbocycles. The van der Waals surface area contributed by atoms with Gasteiger partial charge in [-0.25, -0.2) is 4.79 Å². The van der Waals surface area contributed by atoms with Crippen LogP contribution in [0.15, 0.2) is 46.4 Å². The molecular weight excluding hydrogens is 352 g/mol. The number of pyridine rings is 1. The fourth-order valence-electron chi connectivity index (χ4n) is 2.70. The van der Waals surface area contributed by atoms with E-state index in [0.29, 0.717) is 21.9 Å². The van der Waals surface area contributed by atoms with Gasteiger partial charge < -0.3 is 20.1 Å². The summed E-state index contributed by atoms with van der Waals surface area (Å²) >= 11 is 4.28. The van der Waals surface area contributed by atoms with Crippen molar-refractivity contribution in [2.24, 2.45) is 0 Å². The predicted octanol–water partition coefficient (Wildman–Crippen LogP) is 1.49. The first kappa shape index (κ1) is 20.0. The summed E-state index contributed by atoms with van der Waals surface area (Å²) < 4.78 is 9.83. The first-order valence-electron chi connectivity index (χ1n) is 8.17. The van der Waals surface area contributed by atoms with E-state index < -0.39 is 11.9 Å². The van der Waals surface area contributed by atoms with Crippen molar-refractivity contribution in [3.63, 3.8) is 0 Å². The van der Waals surface area contributed by atoms with Crippen molar-refractivity contribution in [1.29, 1.82) is 5.26 Å². The Balaban J connectivity index is 0.000000342. The van der Waals surface area contributed by atoms with Gasteiger partial charge in [0.2, 0.25) is 0 Å². The highest BCUT2D eigenvalue weighted by molar-refractivity contribution is 7.84. The standard InChI is InChI=1S/C14H13N3O2S.C4H9NO/c1-8-11(14(18)19-2)12(9-4-3-5-16-7-9)10(6-15)13(20)17-8;1-3-6-4-2-5-1/h3-5,7,12,17,20H,1-2H3;5H,1-4H2. The van der Waals surface area contributed by atoms with Gasteiger partial charge in [-0.05, 0) is 18.6 Å². The van der Waals surface area contributed by atoms with E-state index in [2.05, 4.69) is 34.3 Å². The first-order valence-corrected chi connectivity index (χ1v) is 8.62. The summed E-state index contributed by atoms with van der Waals surface area (Å²) in [6.45, 7) is 5.58. The van der Waals surface area contributed by atoms with Crippen molar-refractivity contribution in [2.45, 2.75) is 12.8 Å². The number of morpholine rings is 1. The van der Waals surface area contributed by atoms with E-state index in [9.17, 15) is 10.1 Å². The van der Waals surface area contributed by atoms with Gasteiger partial charge in [0.1, 0.15) is 0 Å². The number of ether oxygens (including phenoxy) is 2. The molecule has 0 spiro atoms. The molecule has 1 fully saturated rings. The molecule has 8 heteroatoms. The Labute approximate surface area is 158 Å². The fourth-order valence-corrected chi connectivity index (χ4v) is 3.05. The molecule has 7 nitrogen and oxygen atoms in total. The number of hydrogen-bond donors (Lipinski definition) is 3. The number of dihydropyridines is 1. The van der Waals surface area contributed by atoms with Crippen LogP contribution < -0.4 is 10.6 Å². The number of nitrogens with zero attached hydrogens (tertiary/aromatic N) is 2. The van der Waals surface area contributed by atoms with Crippen molar-refractivity contribution in [2.75, 3.05) is 33.4 Å². The fraction of sp³-hybridized carbons (Fsp3) is 0.389. The normalized spacial score (nSPS) is 19.7. The lowest BCUT2D eigenvalue weighted by Crippen LogP contribution is -2.30. The average molecular weight is 374 g/mol. The summed E-state index contributed by atoms with van der Waals surface area (Å²) in [6.07, 6.45) is 3.26. The molecule has 0 amide bonds. The Bertz CT molecular complexity index is 725. The number of esters is 1. The summed E-state index contributed by atoms with van der Waals surface area (Å²) in [5.74, 6) is -0.993. The number of hydrogen-bond acceptors (Lipinski definition) is 8. The summed E-state index contributed by atoms with van der Waals surface area (Å²) in [4.78, 5) is 16.1. The van der Waals surface area contributed by atoms with Crippen LogP contribution in [0, 0.1) is 11.3 Å². The minimum Gasteiger partial charge on any atom is -0.466 e. The molecule has 3 heterocycles. The smallest absolute Gasteiger partial charge is 0.336 e. The third-order valence-electron chi connectivity index (χ3n) is 3.93. The number of allylic oxidation sites excluding steroid dienone is 2. The van der Waals surface area contributed by atoms with E-state index in [4.69, 9.17) is 9.47 Å². The highest BCUT2D eigenvalue weighted by Gasteiger charge is 2.34. The van der Waals surface area contributed by atoms with Gasteiger partial charge in [0, 0.05) is 31.2 Å². The van der Waals surface area contributed by atoms with Gasteiger partial charge in [0.05, 0.1) is 48.5 Å². The zero-order valence-electron chi connectivity index (χ0n) is 14.8. The molecule has 2 aliphatic rings. The number of carbonyl (C=O) groups excluding carboxylic acids is 1. The molecule has 26 heavy (non-hydrogen) atoms. The van der Waals surface area contributed by atoms with Gasteiger partial charge in [0.15, 0.2) is 0 Å². The predicted molar refractivity (Wildman–Crippen MR) is 100 cm³/mol. The number of nitrogens with one attached hydrogen (secondary N) is 2. The second kappa shape index (κ2) is 9.97. The molecule has 1 aromatic heterocycles. The third-order valence-corrected chi connectivity index (χ3v) is 4.28. The summed E-state index contributed by atoms with van der Waals surface area (Å²) in [6, 6.07) is 5.68. The maximum absolute atomic E-state index is 12.0. The number of carbonyl (C=O) groups is 1. The molecule has 1 unspecified atom stereocenters. The number of nitriles is 1. The van der Waals surface area contributed by atoms with Gasteiger partial charge in [-0.2, -0.15) is 5.26 Å². The van der Waals surface area contributed by atoms with Crippen LogP contribution >= 0.6 is 12.6 Å². The molecule has 2 N–H and O–H groups in total. The molecular formula is C18H22N4O3S. The second-order valence-electron chi connectivity index (χ2n) is 5.61. The molecule has 0 radical (unpaired) electrons. The first-order chi connectivity index (χ1) is 12.6. The Hall–Kier alpha value is -2.34. The van der Waals surface area contributed by atoms with Gasteiger partial charge in [0.25, 0.3) is 0 Å². The van der Waals surface area contributed by atoms with E-state index in [0.717, 1.165) is 31.9 Å². The van der Waals surface area contributed by atoms with Gasteiger partial charge in [-0.3, -0.25) is 4.98 Å². The lowest BCUT2D eigenvalue weighted by Gasteiger charge is -2.27. The highest BCUT2D eigenvalue weighted by atomic mass is 32.1. The average Bonchev–Trinajstić information content (AvgIpc) is 2.69. The van der Waals surface area contributed by atoms with E-state index in [-0.39, 0.29) is 0 Å². The number of thiol groups is 1. The molecule has 138 valence electrons. The van der Waals surface area contributed by atoms with E-state index in [1.165, 1.54) is 7.11 Å². The minimum absolute atomic E-state index is 0.368. The van der Waals surface area contributed by atoms with Crippen LogP contribution in [0.1, 0.15) is 18.4 Å². The summed E-state index contributed by atoms with van der Waals surface area (Å²) in [7, 11) is 1.31. The molecule has 0 aromatic carbocycles. The van der Waals surface area contributed by atoms with Gasteiger partial charge in [-0.1, -0.05) is 6.07 Å². The minimum atomic E-state index is -0.519. The van der Waals surface area contributed by atoms with Crippen LogP contribution in [-0.4, -0.2) is 44.4 Å². The maximum Gasteiger partial charge on any atom is 0.336 e. The lowest BCUT2D eigenvalue weighted by molar-refractivity contribution is -0.136. The Kier molecular flexibility index (Phi) is 7.66. The van der Waals surface area contributed by atoms with Crippen molar-refractivity contribution < 1.29 is 14.3 Å². The van der Waals surface area contributed by atoms with Crippen molar-refractivity contribution in [1.82, 2.24) is 15.6 Å². The molecule has 0 bridgehead atoms. The molecule has 2 aliphatic heterocycles. The molecule has 1 aromatic rings. The Morgan fingerprint density at radius 1 is 1.46 bits per heavy atom. The van der Waals surface area contributed by atoms with Gasteiger partial charge >= 0.3 is 5.97 Å². The topological polar surface area (TPSA) is 96.3 Å². The number of aromatic nitrogens is 1. The molecule has 0 saturated carbocycles. The monoisotopic (exact) mass is 374 g/mol. The highest BCUT2D eigenvalue weighted by Crippen LogP contribution is 2.38. The zero-order valence-corrected chi connectivity index (χ0v) is 15.7. The maximum atomic E-state index is 12.0. The third kappa shape index (κ3) is 4.85. The van der Waals surface area contributed by atoms with Crippen LogP contribution in [-0.2, 0) is 14.3 Å². The van der Waals surface area contributed by atoms with Gasteiger partial charge in [-0.15, -0.1) is 12.6 Å². The quantitative estimate of drug-likeness (QED) is 0.533. The summed E-state index contributed by atoms with van der Waals surface area (Å²) in [5.41, 5.74) is 2.13. The van der Waals surface area contributed by atoms with Crippen LogP contribution in [0.3, 0.4) is 0 Å². The largest absolute Gasteiger partial charge is 0.466 e. The molecule has 1 atom stereocenters.